The normalized spacial score (nSPS) is 17.9. The molecular formula is C29H28N2O7. The molecule has 0 bridgehead atoms. The lowest BCUT2D eigenvalue weighted by Crippen LogP contribution is -2.29. The van der Waals surface area contributed by atoms with Crippen molar-refractivity contribution in [3.63, 3.8) is 0 Å². The van der Waals surface area contributed by atoms with Gasteiger partial charge >= 0.3 is 0 Å². The summed E-state index contributed by atoms with van der Waals surface area (Å²) in [6, 6.07) is 12.9. The van der Waals surface area contributed by atoms with Crippen LogP contribution < -0.4 is 18.9 Å². The summed E-state index contributed by atoms with van der Waals surface area (Å²) in [6.45, 7) is 5.51. The van der Waals surface area contributed by atoms with Crippen molar-refractivity contribution >= 4 is 17.4 Å². The summed E-state index contributed by atoms with van der Waals surface area (Å²) in [7, 11) is 0. The fraction of sp³-hybridized carbons (Fsp3) is 0.276. The Morgan fingerprint density at radius 3 is 2.50 bits per heavy atom. The second-order valence-corrected chi connectivity index (χ2v) is 8.72. The highest BCUT2D eigenvalue weighted by Crippen LogP contribution is 2.43. The van der Waals surface area contributed by atoms with Gasteiger partial charge in [0.25, 0.3) is 11.7 Å². The molecule has 1 atom stereocenters. The highest BCUT2D eigenvalue weighted by molar-refractivity contribution is 6.46. The molecule has 5 rings (SSSR count). The zero-order valence-electron chi connectivity index (χ0n) is 21.2. The van der Waals surface area contributed by atoms with E-state index in [1.165, 1.54) is 4.90 Å². The molecule has 1 N–H and O–H groups in total. The van der Waals surface area contributed by atoms with E-state index in [0.29, 0.717) is 60.6 Å². The average Bonchev–Trinajstić information content (AvgIpc) is 3.19. The Morgan fingerprint density at radius 2 is 1.76 bits per heavy atom. The molecule has 0 radical (unpaired) electrons. The van der Waals surface area contributed by atoms with Gasteiger partial charge in [-0.1, -0.05) is 12.1 Å². The minimum Gasteiger partial charge on any atom is -0.507 e. The van der Waals surface area contributed by atoms with E-state index in [1.807, 2.05) is 19.9 Å². The summed E-state index contributed by atoms with van der Waals surface area (Å²) >= 11 is 0. The number of pyridine rings is 1. The lowest BCUT2D eigenvalue weighted by molar-refractivity contribution is -0.140. The number of ether oxygens (including phenoxy) is 4. The van der Waals surface area contributed by atoms with Crippen LogP contribution in [0.1, 0.15) is 36.6 Å². The predicted octanol–water partition coefficient (Wildman–Crippen LogP) is 4.27. The van der Waals surface area contributed by atoms with Gasteiger partial charge in [0.05, 0.1) is 24.8 Å². The maximum atomic E-state index is 13.4. The third kappa shape index (κ3) is 4.74. The van der Waals surface area contributed by atoms with Crippen LogP contribution in [0.5, 0.6) is 23.0 Å². The molecular weight excluding hydrogens is 488 g/mol. The molecule has 2 aliphatic rings. The number of ketones is 1. The van der Waals surface area contributed by atoms with Crippen LogP contribution in [-0.4, -0.2) is 53.1 Å². The SMILES string of the molecule is CCOc1ccc([C@@H]2/C(=C(\O)c3ccc4c(c3)OCCO4)C(=O)C(=O)N2Cc2cccnc2)cc1OCC. The third-order valence-corrected chi connectivity index (χ3v) is 6.31. The van der Waals surface area contributed by atoms with Gasteiger partial charge in [0.1, 0.15) is 19.0 Å². The molecule has 2 aromatic carbocycles. The van der Waals surface area contributed by atoms with Crippen molar-refractivity contribution in [2.75, 3.05) is 26.4 Å². The first-order valence-electron chi connectivity index (χ1n) is 12.5. The van der Waals surface area contributed by atoms with Gasteiger partial charge in [-0.2, -0.15) is 0 Å². The first-order chi connectivity index (χ1) is 18.5. The quantitative estimate of drug-likeness (QED) is 0.269. The largest absolute Gasteiger partial charge is 0.507 e. The van der Waals surface area contributed by atoms with E-state index in [1.54, 1.807) is 54.9 Å². The zero-order valence-corrected chi connectivity index (χ0v) is 21.2. The van der Waals surface area contributed by atoms with Gasteiger partial charge in [-0.25, -0.2) is 0 Å². The molecule has 9 heteroatoms. The molecule has 3 heterocycles. The summed E-state index contributed by atoms with van der Waals surface area (Å²) in [5.74, 6) is 0.247. The van der Waals surface area contributed by atoms with Crippen LogP contribution in [0.25, 0.3) is 5.76 Å². The van der Waals surface area contributed by atoms with Crippen LogP contribution in [0.4, 0.5) is 0 Å². The summed E-state index contributed by atoms with van der Waals surface area (Å²) in [5.41, 5.74) is 1.66. The van der Waals surface area contributed by atoms with Gasteiger partial charge in [-0.15, -0.1) is 0 Å². The van der Waals surface area contributed by atoms with Gasteiger partial charge in [0, 0.05) is 24.5 Å². The average molecular weight is 517 g/mol. The smallest absolute Gasteiger partial charge is 0.295 e. The molecule has 2 aliphatic heterocycles. The number of fused-ring (bicyclic) bond motifs is 1. The van der Waals surface area contributed by atoms with Gasteiger partial charge in [0.2, 0.25) is 0 Å². The highest BCUT2D eigenvalue weighted by atomic mass is 16.6. The van der Waals surface area contributed by atoms with Gasteiger partial charge in [-0.3, -0.25) is 14.6 Å². The highest BCUT2D eigenvalue weighted by Gasteiger charge is 2.46. The monoisotopic (exact) mass is 516 g/mol. The van der Waals surface area contributed by atoms with Crippen LogP contribution in [0.2, 0.25) is 0 Å². The molecule has 1 fully saturated rings. The maximum Gasteiger partial charge on any atom is 0.295 e. The van der Waals surface area contributed by atoms with E-state index in [-0.39, 0.29) is 17.9 Å². The molecule has 0 saturated carbocycles. The molecule has 196 valence electrons. The Balaban J connectivity index is 1.65. The Morgan fingerprint density at radius 1 is 1.00 bits per heavy atom. The van der Waals surface area contributed by atoms with Crippen molar-refractivity contribution in [3.05, 3.63) is 83.2 Å². The van der Waals surface area contributed by atoms with Crippen LogP contribution >= 0.6 is 0 Å². The van der Waals surface area contributed by atoms with Gasteiger partial charge in [0.15, 0.2) is 23.0 Å². The number of aliphatic hydroxyl groups excluding tert-OH is 1. The topological polar surface area (TPSA) is 107 Å². The number of nitrogens with zero attached hydrogens (tertiary/aromatic N) is 2. The number of aromatic nitrogens is 1. The minimum absolute atomic E-state index is 0.0258. The predicted molar refractivity (Wildman–Crippen MR) is 138 cm³/mol. The van der Waals surface area contributed by atoms with E-state index >= 15 is 0 Å². The van der Waals surface area contributed by atoms with E-state index in [2.05, 4.69) is 4.98 Å². The third-order valence-electron chi connectivity index (χ3n) is 6.31. The van der Waals surface area contributed by atoms with Crippen molar-refractivity contribution in [2.24, 2.45) is 0 Å². The molecule has 0 spiro atoms. The number of likely N-dealkylation sites (tertiary alicyclic amines) is 1. The lowest BCUT2D eigenvalue weighted by Gasteiger charge is -2.26. The second-order valence-electron chi connectivity index (χ2n) is 8.72. The van der Waals surface area contributed by atoms with Crippen molar-refractivity contribution in [2.45, 2.75) is 26.4 Å². The fourth-order valence-electron chi connectivity index (χ4n) is 4.66. The lowest BCUT2D eigenvalue weighted by atomic mass is 9.94. The molecule has 1 aromatic heterocycles. The Labute approximate surface area is 220 Å². The molecule has 9 nitrogen and oxygen atoms in total. The van der Waals surface area contributed by atoms with Crippen LogP contribution in [-0.2, 0) is 16.1 Å². The van der Waals surface area contributed by atoms with Crippen LogP contribution in [0.3, 0.4) is 0 Å². The Kier molecular flexibility index (Phi) is 7.17. The second kappa shape index (κ2) is 10.8. The van der Waals surface area contributed by atoms with Crippen LogP contribution in [0, 0.1) is 0 Å². The standard InChI is InChI=1S/C29H28N2O7/c1-3-35-21-9-7-19(14-23(21)36-4-2)26-25(27(32)20-8-10-22-24(15-20)38-13-12-37-22)28(33)29(34)31(26)17-18-6-5-11-30-16-18/h5-11,14-16,26,32H,3-4,12-13,17H2,1-2H3/b27-25+/t26-/m1/s1. The summed E-state index contributed by atoms with van der Waals surface area (Å²) in [5, 5.41) is 11.5. The number of carbonyl (C=O) groups is 2. The Hall–Kier alpha value is -4.53. The number of hydrogen-bond donors (Lipinski definition) is 1. The van der Waals surface area contributed by atoms with Crippen LogP contribution in [0.15, 0.2) is 66.5 Å². The number of benzene rings is 2. The van der Waals surface area contributed by atoms with Gasteiger partial charge in [-0.05, 0) is 61.4 Å². The molecule has 0 aliphatic carbocycles. The minimum atomic E-state index is -0.877. The summed E-state index contributed by atoms with van der Waals surface area (Å²) < 4.78 is 22.7. The number of Topliss-reactive ketones (excluding diaryl/α,β-unsaturated/α-hetero) is 1. The summed E-state index contributed by atoms with van der Waals surface area (Å²) in [6.07, 6.45) is 3.28. The molecule has 1 amide bonds. The van der Waals surface area contributed by atoms with E-state index in [0.717, 1.165) is 5.56 Å². The first kappa shape index (κ1) is 25.1. The van der Waals surface area contributed by atoms with Crippen molar-refractivity contribution in [1.82, 2.24) is 9.88 Å². The number of aliphatic hydroxyl groups is 1. The summed E-state index contributed by atoms with van der Waals surface area (Å²) in [4.78, 5) is 32.4. The molecule has 1 saturated heterocycles. The molecule has 0 unspecified atom stereocenters. The number of amides is 1. The van der Waals surface area contributed by atoms with E-state index in [4.69, 9.17) is 18.9 Å². The fourth-order valence-corrected chi connectivity index (χ4v) is 4.66. The van der Waals surface area contributed by atoms with Crippen molar-refractivity contribution < 1.29 is 33.6 Å². The van der Waals surface area contributed by atoms with E-state index in [9.17, 15) is 14.7 Å². The number of hydrogen-bond acceptors (Lipinski definition) is 8. The molecule has 3 aromatic rings. The van der Waals surface area contributed by atoms with Crippen molar-refractivity contribution in [1.29, 1.82) is 0 Å². The number of carbonyl (C=O) groups excluding carboxylic acids is 2. The first-order valence-corrected chi connectivity index (χ1v) is 12.5. The van der Waals surface area contributed by atoms with E-state index < -0.39 is 17.7 Å². The molecule has 38 heavy (non-hydrogen) atoms. The Bertz CT molecular complexity index is 1390. The number of rotatable bonds is 8. The van der Waals surface area contributed by atoms with Crippen molar-refractivity contribution in [3.8, 4) is 23.0 Å². The zero-order chi connectivity index (χ0) is 26.6. The maximum absolute atomic E-state index is 13.4. The van der Waals surface area contributed by atoms with Gasteiger partial charge < -0.3 is 29.0 Å².